The molecule has 0 aliphatic heterocycles. The number of hydrogen-bond acceptors (Lipinski definition) is 4. The van der Waals surface area contributed by atoms with E-state index in [1.54, 1.807) is 0 Å². The fraction of sp³-hybridized carbons (Fsp3) is 0.393. The number of amides is 2. The Hall–Kier alpha value is -3.61. The van der Waals surface area contributed by atoms with Crippen molar-refractivity contribution in [1.82, 2.24) is 10.6 Å². The first kappa shape index (κ1) is 24.5. The third-order valence-corrected chi connectivity index (χ3v) is 6.76. The van der Waals surface area contributed by atoms with Gasteiger partial charge in [0.25, 0.3) is 0 Å². The Morgan fingerprint density at radius 1 is 1.06 bits per heavy atom. The van der Waals surface area contributed by atoms with Crippen LogP contribution in [0.15, 0.2) is 60.7 Å². The van der Waals surface area contributed by atoms with Gasteiger partial charge >= 0.3 is 12.1 Å². The number of ether oxygens (including phenoxy) is 1. The van der Waals surface area contributed by atoms with E-state index in [9.17, 15) is 14.4 Å². The quantitative estimate of drug-likeness (QED) is 0.458. The summed E-state index contributed by atoms with van der Waals surface area (Å²) in [7, 11) is 0. The molecule has 2 aliphatic carbocycles. The summed E-state index contributed by atoms with van der Waals surface area (Å²) in [5.74, 6) is -1.16. The Bertz CT molecular complexity index is 1070. The molecule has 0 heterocycles. The SMILES string of the molecule is CC(CCCC(=O)O)NC(=O)C1CC=CC(NC(=O)OCC2c3ccccc3-c3ccccc32)C1. The molecule has 35 heavy (non-hydrogen) atoms. The second-order valence-electron chi connectivity index (χ2n) is 9.37. The van der Waals surface area contributed by atoms with E-state index >= 15 is 0 Å². The van der Waals surface area contributed by atoms with Crippen molar-refractivity contribution in [1.29, 1.82) is 0 Å². The number of rotatable bonds is 9. The molecule has 0 fully saturated rings. The molecular weight excluding hydrogens is 444 g/mol. The van der Waals surface area contributed by atoms with Crippen LogP contribution < -0.4 is 10.6 Å². The van der Waals surface area contributed by atoms with Crippen LogP contribution in [0.1, 0.15) is 56.1 Å². The van der Waals surface area contributed by atoms with Crippen LogP contribution in [0.3, 0.4) is 0 Å². The number of hydrogen-bond donors (Lipinski definition) is 3. The molecular formula is C28H32N2O5. The molecule has 3 unspecified atom stereocenters. The molecule has 0 radical (unpaired) electrons. The van der Waals surface area contributed by atoms with Gasteiger partial charge in [-0.05, 0) is 54.9 Å². The number of aliphatic carboxylic acids is 1. The van der Waals surface area contributed by atoms with E-state index in [1.807, 2.05) is 43.3 Å². The maximum absolute atomic E-state index is 12.7. The minimum atomic E-state index is -0.830. The predicted octanol–water partition coefficient (Wildman–Crippen LogP) is 4.62. The zero-order valence-corrected chi connectivity index (χ0v) is 19.9. The second-order valence-corrected chi connectivity index (χ2v) is 9.37. The van der Waals surface area contributed by atoms with Gasteiger partial charge in [0.2, 0.25) is 5.91 Å². The number of nitrogens with one attached hydrogen (secondary N) is 2. The van der Waals surface area contributed by atoms with Crippen LogP contribution in [0, 0.1) is 5.92 Å². The van der Waals surface area contributed by atoms with Crippen molar-refractivity contribution in [2.24, 2.45) is 5.92 Å². The van der Waals surface area contributed by atoms with E-state index in [0.717, 1.165) is 11.1 Å². The van der Waals surface area contributed by atoms with Crippen molar-refractivity contribution < 1.29 is 24.2 Å². The van der Waals surface area contributed by atoms with E-state index in [2.05, 4.69) is 34.9 Å². The molecule has 0 saturated heterocycles. The van der Waals surface area contributed by atoms with Gasteiger partial charge in [0.15, 0.2) is 0 Å². The zero-order valence-electron chi connectivity index (χ0n) is 19.9. The average Bonchev–Trinajstić information content (AvgIpc) is 3.16. The Labute approximate surface area is 205 Å². The van der Waals surface area contributed by atoms with Crippen molar-refractivity contribution in [2.45, 2.75) is 57.0 Å². The Balaban J connectivity index is 1.27. The predicted molar refractivity (Wildman–Crippen MR) is 133 cm³/mol. The minimum Gasteiger partial charge on any atom is -0.481 e. The lowest BCUT2D eigenvalue weighted by Gasteiger charge is -2.26. The van der Waals surface area contributed by atoms with Gasteiger partial charge in [0.1, 0.15) is 6.61 Å². The normalized spacial score (nSPS) is 19.3. The van der Waals surface area contributed by atoms with E-state index in [1.165, 1.54) is 11.1 Å². The van der Waals surface area contributed by atoms with Crippen LogP contribution in [0.25, 0.3) is 11.1 Å². The highest BCUT2D eigenvalue weighted by Gasteiger charge is 2.30. The van der Waals surface area contributed by atoms with E-state index in [-0.39, 0.29) is 42.9 Å². The largest absolute Gasteiger partial charge is 0.481 e. The number of carbonyl (C=O) groups is 3. The summed E-state index contributed by atoms with van der Waals surface area (Å²) in [6.07, 6.45) is 5.65. The number of carboxylic acid groups (broad SMARTS) is 1. The molecule has 0 spiro atoms. The molecule has 2 aromatic carbocycles. The number of carboxylic acids is 1. The lowest BCUT2D eigenvalue weighted by atomic mass is 9.90. The summed E-state index contributed by atoms with van der Waals surface area (Å²) >= 11 is 0. The maximum atomic E-state index is 12.7. The van der Waals surface area contributed by atoms with Gasteiger partial charge in [-0.1, -0.05) is 60.7 Å². The van der Waals surface area contributed by atoms with Crippen molar-refractivity contribution in [3.05, 3.63) is 71.8 Å². The van der Waals surface area contributed by atoms with E-state index in [4.69, 9.17) is 9.84 Å². The second kappa shape index (κ2) is 11.2. The Morgan fingerprint density at radius 2 is 1.71 bits per heavy atom. The Morgan fingerprint density at radius 3 is 2.37 bits per heavy atom. The molecule has 2 amide bonds. The summed E-state index contributed by atoms with van der Waals surface area (Å²) < 4.78 is 5.63. The molecule has 4 rings (SSSR count). The van der Waals surface area contributed by atoms with Crippen molar-refractivity contribution in [2.75, 3.05) is 6.61 Å². The molecule has 0 saturated carbocycles. The standard InChI is InChI=1S/C28H32N2O5/c1-18(8-6-15-26(31)32)29-27(33)19-9-7-10-20(16-19)30-28(34)35-17-25-23-13-4-2-11-21(23)22-12-3-5-14-24(22)25/h2-5,7,10-14,18-20,25H,6,8-9,15-17H2,1H3,(H,29,33)(H,30,34)(H,31,32). The number of carbonyl (C=O) groups excluding carboxylic acids is 2. The third kappa shape index (κ3) is 6.10. The first-order valence-electron chi connectivity index (χ1n) is 12.2. The zero-order chi connectivity index (χ0) is 24.8. The van der Waals surface area contributed by atoms with Gasteiger partial charge in [-0.25, -0.2) is 4.79 Å². The van der Waals surface area contributed by atoms with Gasteiger partial charge in [-0.2, -0.15) is 0 Å². The van der Waals surface area contributed by atoms with Crippen LogP contribution >= 0.6 is 0 Å². The summed E-state index contributed by atoms with van der Waals surface area (Å²) in [5, 5.41) is 14.6. The first-order chi connectivity index (χ1) is 16.9. The summed E-state index contributed by atoms with van der Waals surface area (Å²) in [5.41, 5.74) is 4.68. The van der Waals surface area contributed by atoms with Gasteiger partial charge in [0.05, 0.1) is 6.04 Å². The van der Waals surface area contributed by atoms with Crippen molar-refractivity contribution in [3.8, 4) is 11.1 Å². The molecule has 2 aliphatic rings. The lowest BCUT2D eigenvalue weighted by Crippen LogP contribution is -2.43. The fourth-order valence-electron chi connectivity index (χ4n) is 4.99. The van der Waals surface area contributed by atoms with Crippen LogP contribution in [0.2, 0.25) is 0 Å². The molecule has 7 nitrogen and oxygen atoms in total. The highest BCUT2D eigenvalue weighted by molar-refractivity contribution is 5.80. The Kier molecular flexibility index (Phi) is 7.85. The van der Waals surface area contributed by atoms with Gasteiger partial charge in [0, 0.05) is 24.3 Å². The van der Waals surface area contributed by atoms with Gasteiger partial charge in [-0.15, -0.1) is 0 Å². The molecule has 184 valence electrons. The highest BCUT2D eigenvalue weighted by Crippen LogP contribution is 2.44. The fourth-order valence-corrected chi connectivity index (χ4v) is 4.99. The molecule has 3 atom stereocenters. The van der Waals surface area contributed by atoms with E-state index in [0.29, 0.717) is 25.7 Å². The van der Waals surface area contributed by atoms with Crippen LogP contribution in [-0.2, 0) is 14.3 Å². The number of alkyl carbamates (subject to hydrolysis) is 1. The van der Waals surface area contributed by atoms with Crippen LogP contribution in [-0.4, -0.2) is 41.8 Å². The topological polar surface area (TPSA) is 105 Å². The van der Waals surface area contributed by atoms with E-state index < -0.39 is 12.1 Å². The monoisotopic (exact) mass is 476 g/mol. The minimum absolute atomic E-state index is 0.00353. The molecule has 0 bridgehead atoms. The smallest absolute Gasteiger partial charge is 0.407 e. The highest BCUT2D eigenvalue weighted by atomic mass is 16.5. The van der Waals surface area contributed by atoms with Crippen LogP contribution in [0.4, 0.5) is 4.79 Å². The third-order valence-electron chi connectivity index (χ3n) is 6.76. The first-order valence-corrected chi connectivity index (χ1v) is 12.2. The number of fused-ring (bicyclic) bond motifs is 3. The molecule has 0 aromatic heterocycles. The van der Waals surface area contributed by atoms with Crippen LogP contribution in [0.5, 0.6) is 0 Å². The number of allylic oxidation sites excluding steroid dienone is 1. The lowest BCUT2D eigenvalue weighted by molar-refractivity contribution is -0.137. The summed E-state index contributed by atoms with van der Waals surface area (Å²) in [6.45, 7) is 2.12. The van der Waals surface area contributed by atoms with Crippen molar-refractivity contribution in [3.63, 3.8) is 0 Å². The number of benzene rings is 2. The van der Waals surface area contributed by atoms with Crippen molar-refractivity contribution >= 4 is 18.0 Å². The van der Waals surface area contributed by atoms with Gasteiger partial charge in [-0.3, -0.25) is 9.59 Å². The molecule has 2 aromatic rings. The summed E-state index contributed by atoms with van der Waals surface area (Å²) in [4.78, 5) is 35.9. The summed E-state index contributed by atoms with van der Waals surface area (Å²) in [6, 6.07) is 16.0. The van der Waals surface area contributed by atoms with Gasteiger partial charge < -0.3 is 20.5 Å². The molecule has 3 N–H and O–H groups in total. The molecule has 7 heteroatoms. The average molecular weight is 477 g/mol. The maximum Gasteiger partial charge on any atom is 0.407 e.